The summed E-state index contributed by atoms with van der Waals surface area (Å²) in [4.78, 5) is 33.5. The molecule has 2 saturated heterocycles. The number of β-amino-alcohol motifs (C(OH)–C–C–N with tert-alkyl or cyclic N) is 1. The lowest BCUT2D eigenvalue weighted by atomic mass is 9.56. The van der Waals surface area contributed by atoms with E-state index in [2.05, 4.69) is 62.5 Å². The van der Waals surface area contributed by atoms with E-state index in [0.29, 0.717) is 53.9 Å². The van der Waals surface area contributed by atoms with Gasteiger partial charge in [-0.25, -0.2) is 0 Å². The molecule has 0 radical (unpaired) electrons. The Labute approximate surface area is 322 Å². The monoisotopic (exact) mass is 747 g/mol. The number of likely N-dealkylation sites (tertiary alicyclic amines) is 2. The van der Waals surface area contributed by atoms with Crippen molar-refractivity contribution in [3.05, 3.63) is 89.8 Å². The van der Waals surface area contributed by atoms with Crippen molar-refractivity contribution in [2.75, 3.05) is 26.2 Å². The van der Waals surface area contributed by atoms with E-state index >= 15 is 0 Å². The zero-order valence-electron chi connectivity index (χ0n) is 32.0. The maximum absolute atomic E-state index is 13.3. The zero-order chi connectivity index (χ0) is 38.3. The van der Waals surface area contributed by atoms with Crippen LogP contribution in [0.5, 0.6) is 5.75 Å². The van der Waals surface area contributed by atoms with Crippen LogP contribution in [0.4, 0.5) is 0 Å². The molecular weight excluding hydrogens is 695 g/mol. The van der Waals surface area contributed by atoms with E-state index in [9.17, 15) is 19.8 Å². The molecule has 1 spiro atoms. The molecule has 4 atom stereocenters. The number of hydrogen-bond acceptors (Lipinski definition) is 9. The van der Waals surface area contributed by atoms with E-state index in [0.717, 1.165) is 48.9 Å². The van der Waals surface area contributed by atoms with Crippen LogP contribution in [-0.2, 0) is 14.4 Å². The van der Waals surface area contributed by atoms with Gasteiger partial charge < -0.3 is 29.8 Å². The number of amides is 2. The third-order valence-electron chi connectivity index (χ3n) is 12.4. The second-order valence-corrected chi connectivity index (χ2v) is 16.7. The molecule has 12 nitrogen and oxygen atoms in total. The predicted molar refractivity (Wildman–Crippen MR) is 209 cm³/mol. The predicted octanol–water partition coefficient (Wildman–Crippen LogP) is 5.81. The van der Waals surface area contributed by atoms with Crippen molar-refractivity contribution >= 4 is 23.4 Å². The molecule has 4 fully saturated rings. The van der Waals surface area contributed by atoms with Gasteiger partial charge in [-0.1, -0.05) is 56.3 Å². The number of aliphatic hydroxyl groups excluding tert-OH is 1. The molecule has 5 aliphatic rings. The summed E-state index contributed by atoms with van der Waals surface area (Å²) in [7, 11) is 0. The average molecular weight is 748 g/mol. The van der Waals surface area contributed by atoms with Gasteiger partial charge in [-0.15, -0.1) is 15.7 Å². The summed E-state index contributed by atoms with van der Waals surface area (Å²) in [5, 5.41) is 32.1. The van der Waals surface area contributed by atoms with Gasteiger partial charge in [-0.05, 0) is 92.7 Å². The van der Waals surface area contributed by atoms with Crippen molar-refractivity contribution in [2.24, 2.45) is 17.3 Å². The van der Waals surface area contributed by atoms with Crippen LogP contribution < -0.4 is 10.8 Å². The number of nitrogens with zero attached hydrogens (tertiary/aromatic N) is 5. The Bertz CT molecular complexity index is 2030. The zero-order valence-corrected chi connectivity index (χ0v) is 32.0. The fourth-order valence-electron chi connectivity index (χ4n) is 9.20. The number of carbonyl (C=O) groups is 2. The van der Waals surface area contributed by atoms with Crippen molar-refractivity contribution < 1.29 is 24.6 Å². The first-order valence-electron chi connectivity index (χ1n) is 19.9. The molecule has 2 aromatic carbocycles. The van der Waals surface area contributed by atoms with E-state index in [1.807, 2.05) is 55.5 Å². The van der Waals surface area contributed by atoms with Gasteiger partial charge in [-0.3, -0.25) is 14.5 Å². The molecule has 55 heavy (non-hydrogen) atoms. The Morgan fingerprint density at radius 3 is 2.42 bits per heavy atom. The van der Waals surface area contributed by atoms with Crippen LogP contribution in [0.25, 0.3) is 22.3 Å². The van der Waals surface area contributed by atoms with Gasteiger partial charge in [0.15, 0.2) is 0 Å². The van der Waals surface area contributed by atoms with Crippen molar-refractivity contribution in [1.29, 1.82) is 0 Å². The standard InChI is InChI=1S/C34H42N6O4.C9H11NO/c1-20(2)32(33(43)38-11-10-23(41)17-38)30-14-31(37-44-30)39-18-34(19-39)15-21(16-34)27-13-26-28(40(27)22-6-5-7-22)12-25(35-36-26)24-8-3-4-9-29(24)42;1-8(10-7-11)9-5-3-2-4-6-9/h3-4,8-9,12-14,20-23,31-32,37,41-42H,5-7,10-11,15-19H2,1-2H3;2-8H,1H3,(H,10,11). The minimum absolute atomic E-state index is 0.0302. The van der Waals surface area contributed by atoms with Crippen molar-refractivity contribution in [1.82, 2.24) is 35.4 Å². The van der Waals surface area contributed by atoms with Gasteiger partial charge in [-0.2, -0.15) is 0 Å². The number of hydroxylamine groups is 1. The Morgan fingerprint density at radius 1 is 1.02 bits per heavy atom. The summed E-state index contributed by atoms with van der Waals surface area (Å²) in [6.07, 6.45) is 8.94. The number of aliphatic hydroxyl groups is 1. The van der Waals surface area contributed by atoms with Crippen LogP contribution in [-0.4, -0.2) is 85.5 Å². The molecule has 0 bridgehead atoms. The number of benzene rings is 2. The van der Waals surface area contributed by atoms with Gasteiger partial charge in [0.1, 0.15) is 29.1 Å². The van der Waals surface area contributed by atoms with Crippen molar-refractivity contribution in [3.63, 3.8) is 0 Å². The van der Waals surface area contributed by atoms with E-state index in [1.165, 1.54) is 25.0 Å². The fraction of sp³-hybridized carbons (Fsp3) is 0.488. The number of carbonyl (C=O) groups excluding carboxylic acids is 2. The number of aromatic nitrogens is 3. The van der Waals surface area contributed by atoms with E-state index in [4.69, 9.17) is 4.84 Å². The van der Waals surface area contributed by atoms with E-state index in [-0.39, 0.29) is 35.7 Å². The molecule has 2 saturated carbocycles. The average Bonchev–Trinajstić information content (AvgIpc) is 3.87. The molecular formula is C43H53N7O5. The first-order chi connectivity index (χ1) is 26.6. The third kappa shape index (κ3) is 7.35. The van der Waals surface area contributed by atoms with Gasteiger partial charge in [0, 0.05) is 49.4 Å². The van der Waals surface area contributed by atoms with Crippen LogP contribution in [0, 0.1) is 17.3 Å². The molecule has 4 aromatic rings. The summed E-state index contributed by atoms with van der Waals surface area (Å²) >= 11 is 0. The van der Waals surface area contributed by atoms with Crippen LogP contribution in [0.1, 0.15) is 88.6 Å². The topological polar surface area (TPSA) is 145 Å². The van der Waals surface area contributed by atoms with Gasteiger partial charge in [0.25, 0.3) is 0 Å². The lowest BCUT2D eigenvalue weighted by molar-refractivity contribution is -0.137. The second kappa shape index (κ2) is 15.4. The summed E-state index contributed by atoms with van der Waals surface area (Å²) < 4.78 is 2.54. The highest BCUT2D eigenvalue weighted by Gasteiger charge is 2.55. The maximum atomic E-state index is 13.3. The Kier molecular flexibility index (Phi) is 10.4. The maximum Gasteiger partial charge on any atom is 0.233 e. The normalized spacial score (nSPS) is 23.2. The third-order valence-corrected chi connectivity index (χ3v) is 12.4. The molecule has 2 aliphatic carbocycles. The Hall–Kier alpha value is -4.78. The molecule has 12 heteroatoms. The summed E-state index contributed by atoms with van der Waals surface area (Å²) in [6.45, 7) is 9.09. The number of nitrogens with one attached hydrogen (secondary N) is 2. The van der Waals surface area contributed by atoms with Crippen LogP contribution in [0.15, 0.2) is 78.6 Å². The highest BCUT2D eigenvalue weighted by Crippen LogP contribution is 2.58. The van der Waals surface area contributed by atoms with Gasteiger partial charge in [0.05, 0.1) is 23.4 Å². The molecule has 3 aliphatic heterocycles. The quantitative estimate of drug-likeness (QED) is 0.148. The first-order valence-corrected chi connectivity index (χ1v) is 19.9. The molecule has 4 N–H and O–H groups in total. The molecule has 9 rings (SSSR count). The largest absolute Gasteiger partial charge is 0.507 e. The van der Waals surface area contributed by atoms with Crippen LogP contribution in [0.3, 0.4) is 0 Å². The number of hydrogen-bond donors (Lipinski definition) is 4. The molecule has 2 amide bonds. The summed E-state index contributed by atoms with van der Waals surface area (Å²) in [5.41, 5.74) is 9.48. The minimum Gasteiger partial charge on any atom is -0.507 e. The Morgan fingerprint density at radius 2 is 1.76 bits per heavy atom. The second-order valence-electron chi connectivity index (χ2n) is 16.7. The summed E-state index contributed by atoms with van der Waals surface area (Å²) in [6, 6.07) is 22.1. The molecule has 2 aromatic heterocycles. The van der Waals surface area contributed by atoms with Crippen molar-refractivity contribution in [2.45, 2.75) is 89.6 Å². The lowest BCUT2D eigenvalue weighted by Crippen LogP contribution is -2.65. The number of phenols is 1. The smallest absolute Gasteiger partial charge is 0.233 e. The van der Waals surface area contributed by atoms with Gasteiger partial charge >= 0.3 is 0 Å². The van der Waals surface area contributed by atoms with Gasteiger partial charge in [0.2, 0.25) is 12.3 Å². The number of fused-ring (bicyclic) bond motifs is 1. The van der Waals surface area contributed by atoms with Crippen LogP contribution >= 0.6 is 0 Å². The minimum atomic E-state index is -0.427. The number of rotatable bonds is 10. The number of phenolic OH excluding ortho intramolecular Hbond substituents is 1. The number of aromatic hydroxyl groups is 1. The number of para-hydroxylation sites is 1. The SMILES string of the molecule is CC(C)C(C(=O)N1CCC(O)C1)C1=CC(N2CC3(CC(c4cc5nnc(-c6ccccc6O)cc5n4C4CCC4)C3)C2)NO1.CC(NC=O)c1ccccc1. The van der Waals surface area contributed by atoms with E-state index in [1.54, 1.807) is 11.0 Å². The Balaban J connectivity index is 0.000000337. The molecule has 5 heterocycles. The van der Waals surface area contributed by atoms with Crippen LogP contribution in [0.2, 0.25) is 0 Å². The summed E-state index contributed by atoms with van der Waals surface area (Å²) in [5.74, 6) is 1.23. The van der Waals surface area contributed by atoms with Crippen molar-refractivity contribution in [3.8, 4) is 17.0 Å². The lowest BCUT2D eigenvalue weighted by Gasteiger charge is -2.60. The molecule has 290 valence electrons. The first kappa shape index (κ1) is 37.2. The highest BCUT2D eigenvalue weighted by atomic mass is 16.7. The van der Waals surface area contributed by atoms with E-state index < -0.39 is 6.10 Å². The molecule has 4 unspecified atom stereocenters. The highest BCUT2D eigenvalue weighted by molar-refractivity contribution is 5.83. The fourth-order valence-corrected chi connectivity index (χ4v) is 9.20.